The number of non-ortho nitro benzene ring substituents is 1. The third-order valence-corrected chi connectivity index (χ3v) is 5.16. The predicted molar refractivity (Wildman–Crippen MR) is 117 cm³/mol. The number of amides is 1. The number of nitro groups is 1. The van der Waals surface area contributed by atoms with Gasteiger partial charge in [0.15, 0.2) is 0 Å². The zero-order valence-corrected chi connectivity index (χ0v) is 18.0. The van der Waals surface area contributed by atoms with Crippen LogP contribution in [0.15, 0.2) is 48.7 Å². The highest BCUT2D eigenvalue weighted by atomic mass is 127. The number of benzene rings is 2. The Hall–Kier alpha value is -2.95. The van der Waals surface area contributed by atoms with Gasteiger partial charge in [-0.2, -0.15) is 5.10 Å². The third kappa shape index (κ3) is 5.76. The maximum atomic E-state index is 12.3. The summed E-state index contributed by atoms with van der Waals surface area (Å²) >= 11 is 2.18. The molecule has 8 nitrogen and oxygen atoms in total. The van der Waals surface area contributed by atoms with Crippen LogP contribution in [0.3, 0.4) is 0 Å². The molecule has 0 radical (unpaired) electrons. The topological polar surface area (TPSA) is 99.3 Å². The first-order valence-electron chi connectivity index (χ1n) is 8.83. The van der Waals surface area contributed by atoms with E-state index in [1.165, 1.54) is 12.1 Å². The molecule has 1 amide bonds. The molecule has 0 atom stereocenters. The molecule has 3 rings (SSSR count). The normalized spacial score (nSPS) is 10.6. The van der Waals surface area contributed by atoms with Gasteiger partial charge in [-0.25, -0.2) is 0 Å². The van der Waals surface area contributed by atoms with E-state index >= 15 is 0 Å². The van der Waals surface area contributed by atoms with Gasteiger partial charge in [0.25, 0.3) is 5.69 Å². The van der Waals surface area contributed by atoms with Crippen LogP contribution in [0, 0.1) is 27.5 Å². The molecule has 2 aromatic carbocycles. The number of rotatable bonds is 7. The molecule has 0 spiro atoms. The van der Waals surface area contributed by atoms with Gasteiger partial charge in [-0.1, -0.05) is 17.7 Å². The molecule has 1 heterocycles. The first-order chi connectivity index (χ1) is 13.8. The van der Waals surface area contributed by atoms with Gasteiger partial charge in [-0.3, -0.25) is 19.6 Å². The van der Waals surface area contributed by atoms with Crippen molar-refractivity contribution in [2.24, 2.45) is 0 Å². The molecule has 3 aromatic rings. The van der Waals surface area contributed by atoms with Crippen LogP contribution in [0.1, 0.15) is 17.7 Å². The van der Waals surface area contributed by atoms with Crippen molar-refractivity contribution in [1.82, 2.24) is 9.78 Å². The summed E-state index contributed by atoms with van der Waals surface area (Å²) in [6.45, 7) is 4.27. The van der Waals surface area contributed by atoms with Crippen molar-refractivity contribution in [3.05, 3.63) is 73.6 Å². The molecule has 0 aliphatic rings. The van der Waals surface area contributed by atoms with Crippen LogP contribution in [0.2, 0.25) is 0 Å². The number of ether oxygens (including phenoxy) is 1. The van der Waals surface area contributed by atoms with Gasteiger partial charge in [0.05, 0.1) is 25.9 Å². The van der Waals surface area contributed by atoms with Gasteiger partial charge in [-0.15, -0.1) is 0 Å². The van der Waals surface area contributed by atoms with Gasteiger partial charge in [-0.05, 0) is 48.6 Å². The van der Waals surface area contributed by atoms with Gasteiger partial charge in [0.1, 0.15) is 11.5 Å². The standard InChI is InChI=1S/C20H19IN4O4/c1-13-3-5-17(6-4-13)29-18-10-15(9-16(11-18)25(27)28)22-20(26)7-8-24-12-19(21)14(2)23-24/h3-6,9-12H,7-8H2,1-2H3,(H,22,26). The molecule has 1 N–H and O–H groups in total. The van der Waals surface area contributed by atoms with Crippen LogP contribution in [-0.4, -0.2) is 20.6 Å². The molecule has 0 bridgehead atoms. The summed E-state index contributed by atoms with van der Waals surface area (Å²) in [7, 11) is 0. The number of carbonyl (C=O) groups is 1. The molecule has 0 unspecified atom stereocenters. The first kappa shape index (κ1) is 20.8. The van der Waals surface area contributed by atoms with Crippen LogP contribution < -0.4 is 10.1 Å². The SMILES string of the molecule is Cc1ccc(Oc2cc(NC(=O)CCn3cc(I)c(C)n3)cc([N+](=O)[O-])c2)cc1. The molecule has 0 aliphatic carbocycles. The van der Waals surface area contributed by atoms with Gasteiger partial charge < -0.3 is 10.1 Å². The lowest BCUT2D eigenvalue weighted by Gasteiger charge is -2.10. The maximum Gasteiger partial charge on any atom is 0.275 e. The Morgan fingerprint density at radius 3 is 2.55 bits per heavy atom. The fourth-order valence-corrected chi connectivity index (χ4v) is 3.04. The zero-order chi connectivity index (χ0) is 21.0. The molecule has 0 aliphatic heterocycles. The van der Waals surface area contributed by atoms with Crippen molar-refractivity contribution in [2.45, 2.75) is 26.8 Å². The summed E-state index contributed by atoms with van der Waals surface area (Å²) in [6, 6.07) is 11.5. The molecule has 9 heteroatoms. The van der Waals surface area contributed by atoms with Crippen molar-refractivity contribution >= 4 is 39.9 Å². The quantitative estimate of drug-likeness (QED) is 0.281. The number of hydrogen-bond donors (Lipinski definition) is 1. The number of aryl methyl sites for hydroxylation is 3. The Morgan fingerprint density at radius 1 is 1.21 bits per heavy atom. The van der Waals surface area contributed by atoms with E-state index in [2.05, 4.69) is 33.0 Å². The van der Waals surface area contributed by atoms with Crippen LogP contribution >= 0.6 is 22.6 Å². The molecule has 150 valence electrons. The Kier molecular flexibility index (Phi) is 6.47. The monoisotopic (exact) mass is 506 g/mol. The van der Waals surface area contributed by atoms with E-state index in [0.29, 0.717) is 18.0 Å². The van der Waals surface area contributed by atoms with Crippen molar-refractivity contribution in [3.8, 4) is 11.5 Å². The Balaban J connectivity index is 1.71. The number of aromatic nitrogens is 2. The van der Waals surface area contributed by atoms with E-state index in [4.69, 9.17) is 4.74 Å². The van der Waals surface area contributed by atoms with E-state index < -0.39 is 4.92 Å². The number of nitro benzene ring substituents is 1. The minimum atomic E-state index is -0.522. The first-order valence-corrected chi connectivity index (χ1v) is 9.91. The fraction of sp³-hybridized carbons (Fsp3) is 0.200. The highest BCUT2D eigenvalue weighted by Crippen LogP contribution is 2.30. The number of nitrogens with one attached hydrogen (secondary N) is 1. The predicted octanol–water partition coefficient (Wildman–Crippen LogP) is 4.83. The molecule has 0 saturated carbocycles. The fourth-order valence-electron chi connectivity index (χ4n) is 2.61. The number of carbonyl (C=O) groups excluding carboxylic acids is 1. The van der Waals surface area contributed by atoms with Gasteiger partial charge in [0.2, 0.25) is 5.91 Å². The molecule has 0 fully saturated rings. The third-order valence-electron chi connectivity index (χ3n) is 4.10. The highest BCUT2D eigenvalue weighted by Gasteiger charge is 2.13. The molecule has 29 heavy (non-hydrogen) atoms. The van der Waals surface area contributed by atoms with E-state index in [1.807, 2.05) is 32.2 Å². The Labute approximate surface area is 181 Å². The van der Waals surface area contributed by atoms with Gasteiger partial charge >= 0.3 is 0 Å². The number of nitrogens with zero attached hydrogens (tertiary/aromatic N) is 3. The average molecular weight is 506 g/mol. The van der Waals surface area contributed by atoms with E-state index in [1.54, 1.807) is 22.9 Å². The van der Waals surface area contributed by atoms with Gasteiger partial charge in [0, 0.05) is 31.3 Å². The molecular formula is C20H19IN4O4. The molecule has 1 aromatic heterocycles. The Morgan fingerprint density at radius 2 is 1.93 bits per heavy atom. The van der Waals surface area contributed by atoms with Crippen molar-refractivity contribution < 1.29 is 14.5 Å². The van der Waals surface area contributed by atoms with Crippen molar-refractivity contribution in [3.63, 3.8) is 0 Å². The number of hydrogen-bond acceptors (Lipinski definition) is 5. The smallest absolute Gasteiger partial charge is 0.275 e. The van der Waals surface area contributed by atoms with E-state index in [9.17, 15) is 14.9 Å². The molecular weight excluding hydrogens is 487 g/mol. The van der Waals surface area contributed by atoms with Crippen molar-refractivity contribution in [1.29, 1.82) is 0 Å². The summed E-state index contributed by atoms with van der Waals surface area (Å²) in [5.41, 5.74) is 2.12. The average Bonchev–Trinajstić information content (AvgIpc) is 2.99. The lowest BCUT2D eigenvalue weighted by atomic mass is 10.2. The molecule has 0 saturated heterocycles. The summed E-state index contributed by atoms with van der Waals surface area (Å²) in [5.74, 6) is 0.558. The lowest BCUT2D eigenvalue weighted by molar-refractivity contribution is -0.384. The second kappa shape index (κ2) is 9.03. The highest BCUT2D eigenvalue weighted by molar-refractivity contribution is 14.1. The van der Waals surface area contributed by atoms with E-state index in [0.717, 1.165) is 14.8 Å². The minimum Gasteiger partial charge on any atom is -0.457 e. The van der Waals surface area contributed by atoms with Crippen LogP contribution in [-0.2, 0) is 11.3 Å². The number of anilines is 1. The summed E-state index contributed by atoms with van der Waals surface area (Å²) in [4.78, 5) is 23.0. The zero-order valence-electron chi connectivity index (χ0n) is 15.9. The second-order valence-corrected chi connectivity index (χ2v) is 7.67. The largest absolute Gasteiger partial charge is 0.457 e. The van der Waals surface area contributed by atoms with E-state index in [-0.39, 0.29) is 23.8 Å². The summed E-state index contributed by atoms with van der Waals surface area (Å²) in [5, 5.41) is 18.3. The Bertz CT molecular complexity index is 1030. The van der Waals surface area contributed by atoms with Crippen LogP contribution in [0.25, 0.3) is 0 Å². The lowest BCUT2D eigenvalue weighted by Crippen LogP contribution is -2.15. The van der Waals surface area contributed by atoms with Crippen LogP contribution in [0.4, 0.5) is 11.4 Å². The minimum absolute atomic E-state index is 0.165. The number of halogens is 1. The summed E-state index contributed by atoms with van der Waals surface area (Å²) in [6.07, 6.45) is 2.05. The maximum absolute atomic E-state index is 12.3. The second-order valence-electron chi connectivity index (χ2n) is 6.51. The van der Waals surface area contributed by atoms with Crippen LogP contribution in [0.5, 0.6) is 11.5 Å². The van der Waals surface area contributed by atoms with Crippen molar-refractivity contribution in [2.75, 3.05) is 5.32 Å². The summed E-state index contributed by atoms with van der Waals surface area (Å²) < 4.78 is 8.45.